The zero-order valence-electron chi connectivity index (χ0n) is 11.2. The van der Waals surface area contributed by atoms with Gasteiger partial charge in [-0.25, -0.2) is 0 Å². The minimum atomic E-state index is -0.237. The Morgan fingerprint density at radius 2 is 2.05 bits per heavy atom. The first-order valence-electron chi connectivity index (χ1n) is 6.30. The van der Waals surface area contributed by atoms with E-state index in [9.17, 15) is 4.79 Å². The fourth-order valence-corrected chi connectivity index (χ4v) is 1.84. The number of ether oxygens (including phenoxy) is 3. The molecule has 2 heterocycles. The average molecular weight is 274 g/mol. The normalized spacial score (nSPS) is 12.8. The summed E-state index contributed by atoms with van der Waals surface area (Å²) in [6.45, 7) is 4.10. The van der Waals surface area contributed by atoms with Crippen LogP contribution in [0.4, 0.5) is 0 Å². The Morgan fingerprint density at radius 1 is 1.25 bits per heavy atom. The lowest BCUT2D eigenvalue weighted by atomic mass is 10.2. The molecule has 1 aromatic carbocycles. The van der Waals surface area contributed by atoms with Crippen molar-refractivity contribution >= 4 is 0 Å². The molecule has 1 aliphatic rings. The maximum atomic E-state index is 11.6. The predicted molar refractivity (Wildman–Crippen MR) is 71.6 cm³/mol. The molecular weight excluding hydrogens is 260 g/mol. The molecule has 1 aromatic heterocycles. The van der Waals surface area contributed by atoms with Gasteiger partial charge in [0.05, 0.1) is 6.07 Å². The van der Waals surface area contributed by atoms with Crippen molar-refractivity contribution in [3.05, 3.63) is 40.4 Å². The van der Waals surface area contributed by atoms with Gasteiger partial charge in [0, 0.05) is 12.0 Å². The van der Waals surface area contributed by atoms with E-state index in [1.165, 1.54) is 6.07 Å². The van der Waals surface area contributed by atoms with Crippen LogP contribution in [0.2, 0.25) is 0 Å². The molecule has 1 N–H and O–H groups in total. The second-order valence-electron chi connectivity index (χ2n) is 4.74. The van der Waals surface area contributed by atoms with Crippen molar-refractivity contribution in [2.24, 2.45) is 0 Å². The Morgan fingerprint density at radius 3 is 2.85 bits per heavy atom. The van der Waals surface area contributed by atoms with Gasteiger partial charge < -0.3 is 19.2 Å². The highest BCUT2D eigenvalue weighted by molar-refractivity contribution is 5.47. The molecule has 20 heavy (non-hydrogen) atoms. The SMILES string of the molecule is CC(C)c1nc(Oc2ccc3c(c2)OCO3)cc(=O)[nH]1. The topological polar surface area (TPSA) is 73.4 Å². The smallest absolute Gasteiger partial charge is 0.254 e. The number of benzene rings is 1. The molecule has 0 saturated carbocycles. The fraction of sp³-hybridized carbons (Fsp3) is 0.286. The molecule has 0 saturated heterocycles. The molecule has 0 unspecified atom stereocenters. The number of nitrogens with zero attached hydrogens (tertiary/aromatic N) is 1. The summed E-state index contributed by atoms with van der Waals surface area (Å²) >= 11 is 0. The summed E-state index contributed by atoms with van der Waals surface area (Å²) in [5.41, 5.74) is -0.237. The van der Waals surface area contributed by atoms with Crippen LogP contribution in [-0.4, -0.2) is 16.8 Å². The zero-order chi connectivity index (χ0) is 14.1. The van der Waals surface area contributed by atoms with Gasteiger partial charge in [-0.1, -0.05) is 13.8 Å². The number of rotatable bonds is 3. The van der Waals surface area contributed by atoms with Crippen LogP contribution in [-0.2, 0) is 0 Å². The van der Waals surface area contributed by atoms with E-state index < -0.39 is 0 Å². The highest BCUT2D eigenvalue weighted by Crippen LogP contribution is 2.36. The molecule has 0 bridgehead atoms. The van der Waals surface area contributed by atoms with E-state index in [1.807, 2.05) is 13.8 Å². The van der Waals surface area contributed by atoms with Gasteiger partial charge in [0.25, 0.3) is 5.56 Å². The zero-order valence-corrected chi connectivity index (χ0v) is 11.2. The number of aromatic nitrogens is 2. The van der Waals surface area contributed by atoms with Gasteiger partial charge in [-0.15, -0.1) is 0 Å². The second-order valence-corrected chi connectivity index (χ2v) is 4.74. The number of hydrogen-bond acceptors (Lipinski definition) is 5. The molecule has 2 aromatic rings. The van der Waals surface area contributed by atoms with E-state index in [4.69, 9.17) is 14.2 Å². The quantitative estimate of drug-likeness (QED) is 0.930. The van der Waals surface area contributed by atoms with E-state index in [0.717, 1.165) is 0 Å². The third-order valence-corrected chi connectivity index (χ3v) is 2.85. The molecule has 104 valence electrons. The van der Waals surface area contributed by atoms with Crippen molar-refractivity contribution in [3.8, 4) is 23.1 Å². The lowest BCUT2D eigenvalue weighted by molar-refractivity contribution is 0.174. The monoisotopic (exact) mass is 274 g/mol. The number of fused-ring (bicyclic) bond motifs is 1. The Hall–Kier alpha value is -2.50. The molecule has 0 aliphatic carbocycles. The van der Waals surface area contributed by atoms with Crippen LogP contribution in [0.25, 0.3) is 0 Å². The van der Waals surface area contributed by atoms with Gasteiger partial charge in [-0.05, 0) is 12.1 Å². The van der Waals surface area contributed by atoms with Crippen LogP contribution < -0.4 is 19.8 Å². The minimum Gasteiger partial charge on any atom is -0.454 e. The first kappa shape index (κ1) is 12.5. The number of aromatic amines is 1. The van der Waals surface area contributed by atoms with Gasteiger partial charge in [-0.2, -0.15) is 4.98 Å². The summed E-state index contributed by atoms with van der Waals surface area (Å²) in [6, 6.07) is 6.52. The van der Waals surface area contributed by atoms with Crippen molar-refractivity contribution in [2.75, 3.05) is 6.79 Å². The fourth-order valence-electron chi connectivity index (χ4n) is 1.84. The molecule has 0 spiro atoms. The third kappa shape index (κ3) is 2.45. The van der Waals surface area contributed by atoms with E-state index in [0.29, 0.717) is 23.1 Å². The number of H-pyrrole nitrogens is 1. The summed E-state index contributed by atoms with van der Waals surface area (Å²) < 4.78 is 16.1. The Balaban J connectivity index is 1.89. The van der Waals surface area contributed by atoms with E-state index in [2.05, 4.69) is 9.97 Å². The molecule has 0 radical (unpaired) electrons. The van der Waals surface area contributed by atoms with Gasteiger partial charge in [0.1, 0.15) is 11.6 Å². The van der Waals surface area contributed by atoms with Crippen molar-refractivity contribution in [1.29, 1.82) is 0 Å². The largest absolute Gasteiger partial charge is 0.454 e. The third-order valence-electron chi connectivity index (χ3n) is 2.85. The van der Waals surface area contributed by atoms with Crippen LogP contribution in [0.1, 0.15) is 25.6 Å². The van der Waals surface area contributed by atoms with Gasteiger partial charge in [-0.3, -0.25) is 4.79 Å². The first-order chi connectivity index (χ1) is 9.61. The summed E-state index contributed by atoms with van der Waals surface area (Å²) in [5, 5.41) is 0. The first-order valence-corrected chi connectivity index (χ1v) is 6.30. The Kier molecular flexibility index (Phi) is 3.06. The molecule has 6 nitrogen and oxygen atoms in total. The molecule has 0 atom stereocenters. The Labute approximate surface area is 115 Å². The highest BCUT2D eigenvalue weighted by atomic mass is 16.7. The van der Waals surface area contributed by atoms with Crippen molar-refractivity contribution in [1.82, 2.24) is 9.97 Å². The van der Waals surface area contributed by atoms with Crippen LogP contribution >= 0.6 is 0 Å². The molecular formula is C14H14N2O4. The number of hydrogen-bond donors (Lipinski definition) is 1. The van der Waals surface area contributed by atoms with Crippen LogP contribution in [0.5, 0.6) is 23.1 Å². The van der Waals surface area contributed by atoms with Crippen molar-refractivity contribution in [2.45, 2.75) is 19.8 Å². The highest BCUT2D eigenvalue weighted by Gasteiger charge is 2.14. The maximum Gasteiger partial charge on any atom is 0.254 e. The van der Waals surface area contributed by atoms with E-state index >= 15 is 0 Å². The van der Waals surface area contributed by atoms with E-state index in [-0.39, 0.29) is 24.2 Å². The summed E-state index contributed by atoms with van der Waals surface area (Å²) in [7, 11) is 0. The van der Waals surface area contributed by atoms with Crippen LogP contribution in [0.15, 0.2) is 29.1 Å². The van der Waals surface area contributed by atoms with Gasteiger partial charge in [0.15, 0.2) is 11.5 Å². The number of nitrogens with one attached hydrogen (secondary N) is 1. The van der Waals surface area contributed by atoms with Crippen molar-refractivity contribution in [3.63, 3.8) is 0 Å². The standard InChI is InChI=1S/C14H14N2O4/c1-8(2)14-15-12(17)6-13(16-14)20-9-3-4-10-11(5-9)19-7-18-10/h3-6,8H,7H2,1-2H3,(H,15,16,17). The molecule has 3 rings (SSSR count). The predicted octanol–water partition coefficient (Wildman–Crippen LogP) is 2.41. The maximum absolute atomic E-state index is 11.6. The van der Waals surface area contributed by atoms with Crippen LogP contribution in [0, 0.1) is 0 Å². The summed E-state index contributed by atoms with van der Waals surface area (Å²) in [5.74, 6) is 2.81. The summed E-state index contributed by atoms with van der Waals surface area (Å²) in [6.07, 6.45) is 0. The lowest BCUT2D eigenvalue weighted by Gasteiger charge is -2.08. The van der Waals surface area contributed by atoms with Gasteiger partial charge >= 0.3 is 0 Å². The Bertz CT molecular complexity index is 694. The van der Waals surface area contributed by atoms with Gasteiger partial charge in [0.2, 0.25) is 12.7 Å². The van der Waals surface area contributed by atoms with Crippen molar-refractivity contribution < 1.29 is 14.2 Å². The minimum absolute atomic E-state index is 0.114. The average Bonchev–Trinajstić information content (AvgIpc) is 2.85. The molecule has 6 heteroatoms. The molecule has 1 aliphatic heterocycles. The molecule has 0 fully saturated rings. The lowest BCUT2D eigenvalue weighted by Crippen LogP contribution is -2.11. The second kappa shape index (κ2) is 4.88. The summed E-state index contributed by atoms with van der Waals surface area (Å²) in [4.78, 5) is 18.5. The van der Waals surface area contributed by atoms with E-state index in [1.54, 1.807) is 18.2 Å². The molecule has 0 amide bonds. The van der Waals surface area contributed by atoms with Crippen LogP contribution in [0.3, 0.4) is 0 Å².